The van der Waals surface area contributed by atoms with Crippen LogP contribution in [0.3, 0.4) is 0 Å². The molecule has 6 heteroatoms. The van der Waals surface area contributed by atoms with E-state index in [0.717, 1.165) is 16.8 Å². The summed E-state index contributed by atoms with van der Waals surface area (Å²) in [5.74, 6) is -0.455. The molecule has 0 aliphatic carbocycles. The fourth-order valence-electron chi connectivity index (χ4n) is 1.83. The van der Waals surface area contributed by atoms with Crippen LogP contribution in [0.15, 0.2) is 33.6 Å². The van der Waals surface area contributed by atoms with Gasteiger partial charge in [0.15, 0.2) is 5.58 Å². The number of hydrogen-bond acceptors (Lipinski definition) is 4. The van der Waals surface area contributed by atoms with Gasteiger partial charge >= 0.3 is 5.76 Å². The fraction of sp³-hybridized carbons (Fsp3) is 0.0909. The molecule has 3 rings (SSSR count). The predicted octanol–water partition coefficient (Wildman–Crippen LogP) is 0.970. The number of aromatic amines is 2. The lowest BCUT2D eigenvalue weighted by Crippen LogP contribution is -1.98. The Kier molecular flexibility index (Phi) is 2.09. The Morgan fingerprint density at radius 2 is 2.29 bits per heavy atom. The molecule has 2 aromatic heterocycles. The molecular weight excluding hydrogens is 220 g/mol. The topological polar surface area (TPSA) is 101 Å². The Balaban J connectivity index is 2.20. The number of H-pyrrole nitrogens is 2. The third-order valence-electron chi connectivity index (χ3n) is 2.65. The number of rotatable bonds is 2. The molecular formula is C11H10N4O2. The van der Waals surface area contributed by atoms with E-state index >= 15 is 0 Å². The molecule has 0 radical (unpaired) electrons. The maximum Gasteiger partial charge on any atom is 0.417 e. The van der Waals surface area contributed by atoms with Gasteiger partial charge in [0.05, 0.1) is 17.4 Å². The lowest BCUT2D eigenvalue weighted by atomic mass is 10.1. The van der Waals surface area contributed by atoms with Gasteiger partial charge in [0.25, 0.3) is 0 Å². The molecule has 6 nitrogen and oxygen atoms in total. The van der Waals surface area contributed by atoms with Crippen LogP contribution in [0.4, 0.5) is 0 Å². The summed E-state index contributed by atoms with van der Waals surface area (Å²) in [6.45, 7) is 0.379. The summed E-state index contributed by atoms with van der Waals surface area (Å²) in [6, 6.07) is 5.47. The molecule has 0 aliphatic heterocycles. The first-order chi connectivity index (χ1) is 8.28. The highest BCUT2D eigenvalue weighted by molar-refractivity contribution is 5.80. The second-order valence-corrected chi connectivity index (χ2v) is 3.69. The molecule has 0 fully saturated rings. The number of nitrogens with one attached hydrogen (secondary N) is 2. The van der Waals surface area contributed by atoms with Crippen LogP contribution in [0, 0.1) is 0 Å². The highest BCUT2D eigenvalue weighted by Gasteiger charge is 2.08. The molecule has 4 N–H and O–H groups in total. The number of fused-ring (bicyclic) bond motifs is 1. The van der Waals surface area contributed by atoms with Crippen LogP contribution >= 0.6 is 0 Å². The zero-order valence-electron chi connectivity index (χ0n) is 8.86. The van der Waals surface area contributed by atoms with E-state index in [1.54, 1.807) is 18.3 Å². The van der Waals surface area contributed by atoms with Crippen LogP contribution in [-0.4, -0.2) is 15.2 Å². The largest absolute Gasteiger partial charge is 0.417 e. The van der Waals surface area contributed by atoms with Crippen molar-refractivity contribution in [3.05, 3.63) is 40.6 Å². The van der Waals surface area contributed by atoms with Crippen molar-refractivity contribution in [2.24, 2.45) is 5.73 Å². The van der Waals surface area contributed by atoms with Crippen molar-refractivity contribution in [3.8, 4) is 11.1 Å². The van der Waals surface area contributed by atoms with Crippen molar-refractivity contribution >= 4 is 11.1 Å². The summed E-state index contributed by atoms with van der Waals surface area (Å²) in [4.78, 5) is 13.6. The van der Waals surface area contributed by atoms with Crippen molar-refractivity contribution in [1.29, 1.82) is 0 Å². The van der Waals surface area contributed by atoms with Crippen molar-refractivity contribution in [2.75, 3.05) is 0 Å². The Bertz CT molecular complexity index is 722. The molecule has 0 spiro atoms. The third-order valence-corrected chi connectivity index (χ3v) is 2.65. The molecule has 1 aromatic carbocycles. The first kappa shape index (κ1) is 9.86. The molecule has 0 unspecified atom stereocenters. The minimum Gasteiger partial charge on any atom is -0.408 e. The van der Waals surface area contributed by atoms with E-state index < -0.39 is 5.76 Å². The van der Waals surface area contributed by atoms with Gasteiger partial charge in [-0.3, -0.25) is 10.1 Å². The molecule has 86 valence electrons. The summed E-state index contributed by atoms with van der Waals surface area (Å²) in [5, 5.41) is 6.78. The zero-order valence-corrected chi connectivity index (χ0v) is 8.86. The zero-order chi connectivity index (χ0) is 11.8. The van der Waals surface area contributed by atoms with Crippen LogP contribution in [-0.2, 0) is 6.54 Å². The van der Waals surface area contributed by atoms with E-state index in [-0.39, 0.29) is 0 Å². The Morgan fingerprint density at radius 3 is 3.12 bits per heavy atom. The van der Waals surface area contributed by atoms with Gasteiger partial charge in [-0.1, -0.05) is 6.07 Å². The quantitative estimate of drug-likeness (QED) is 0.610. The maximum atomic E-state index is 11.0. The predicted molar refractivity (Wildman–Crippen MR) is 62.3 cm³/mol. The SMILES string of the molecule is NCc1[nH]ncc1-c1ccc2[nH]c(=O)oc2c1. The smallest absolute Gasteiger partial charge is 0.408 e. The lowest BCUT2D eigenvalue weighted by molar-refractivity contribution is 0.555. The van der Waals surface area contributed by atoms with Crippen LogP contribution in [0.25, 0.3) is 22.2 Å². The molecule has 2 heterocycles. The van der Waals surface area contributed by atoms with Gasteiger partial charge in [0, 0.05) is 12.1 Å². The number of aromatic nitrogens is 3. The standard InChI is InChI=1S/C11H10N4O2/c12-4-9-7(5-13-15-9)6-1-2-8-10(3-6)17-11(16)14-8/h1-3,5H,4,12H2,(H,13,15)(H,14,16). The van der Waals surface area contributed by atoms with Crippen molar-refractivity contribution in [1.82, 2.24) is 15.2 Å². The van der Waals surface area contributed by atoms with Crippen LogP contribution < -0.4 is 11.5 Å². The van der Waals surface area contributed by atoms with Crippen LogP contribution in [0.5, 0.6) is 0 Å². The maximum absolute atomic E-state index is 11.0. The van der Waals surface area contributed by atoms with E-state index in [2.05, 4.69) is 15.2 Å². The number of benzene rings is 1. The fourth-order valence-corrected chi connectivity index (χ4v) is 1.83. The van der Waals surface area contributed by atoms with Crippen molar-refractivity contribution < 1.29 is 4.42 Å². The van der Waals surface area contributed by atoms with E-state index in [1.807, 2.05) is 6.07 Å². The lowest BCUT2D eigenvalue weighted by Gasteiger charge is -2.00. The van der Waals surface area contributed by atoms with Gasteiger partial charge in [0.1, 0.15) is 0 Å². The van der Waals surface area contributed by atoms with Gasteiger partial charge in [-0.15, -0.1) is 0 Å². The van der Waals surface area contributed by atoms with E-state index in [0.29, 0.717) is 17.6 Å². The summed E-state index contributed by atoms with van der Waals surface area (Å²) in [6.07, 6.45) is 1.70. The highest BCUT2D eigenvalue weighted by atomic mass is 16.4. The number of nitrogens with two attached hydrogens (primary N) is 1. The van der Waals surface area contributed by atoms with Crippen LogP contribution in [0.1, 0.15) is 5.69 Å². The van der Waals surface area contributed by atoms with Gasteiger partial charge in [-0.25, -0.2) is 4.79 Å². The first-order valence-electron chi connectivity index (χ1n) is 5.13. The Morgan fingerprint density at radius 1 is 1.41 bits per heavy atom. The first-order valence-corrected chi connectivity index (χ1v) is 5.13. The summed E-state index contributed by atoms with van der Waals surface area (Å²) in [5.41, 5.74) is 9.48. The molecule has 0 saturated heterocycles. The summed E-state index contributed by atoms with van der Waals surface area (Å²) >= 11 is 0. The summed E-state index contributed by atoms with van der Waals surface area (Å²) in [7, 11) is 0. The van der Waals surface area contributed by atoms with Crippen molar-refractivity contribution in [3.63, 3.8) is 0 Å². The van der Waals surface area contributed by atoms with E-state index in [9.17, 15) is 4.79 Å². The Labute approximate surface area is 95.4 Å². The second-order valence-electron chi connectivity index (χ2n) is 3.69. The van der Waals surface area contributed by atoms with E-state index in [1.165, 1.54) is 0 Å². The van der Waals surface area contributed by atoms with Gasteiger partial charge in [0.2, 0.25) is 0 Å². The molecule has 17 heavy (non-hydrogen) atoms. The highest BCUT2D eigenvalue weighted by Crippen LogP contribution is 2.24. The average Bonchev–Trinajstić information content (AvgIpc) is 2.91. The number of nitrogens with zero attached hydrogens (tertiary/aromatic N) is 1. The number of oxazole rings is 1. The monoisotopic (exact) mass is 230 g/mol. The van der Waals surface area contributed by atoms with Crippen molar-refractivity contribution in [2.45, 2.75) is 6.54 Å². The third kappa shape index (κ3) is 1.55. The molecule has 0 atom stereocenters. The molecule has 0 amide bonds. The minimum atomic E-state index is -0.455. The summed E-state index contributed by atoms with van der Waals surface area (Å²) < 4.78 is 5.01. The molecule has 0 bridgehead atoms. The van der Waals surface area contributed by atoms with Gasteiger partial charge < -0.3 is 10.2 Å². The van der Waals surface area contributed by atoms with Gasteiger partial charge in [-0.05, 0) is 17.7 Å². The second kappa shape index (κ2) is 3.60. The molecule has 3 aromatic rings. The average molecular weight is 230 g/mol. The molecule has 0 saturated carbocycles. The van der Waals surface area contributed by atoms with Gasteiger partial charge in [-0.2, -0.15) is 5.10 Å². The minimum absolute atomic E-state index is 0.379. The Hall–Kier alpha value is -2.34. The number of hydrogen-bond donors (Lipinski definition) is 3. The van der Waals surface area contributed by atoms with Crippen LogP contribution in [0.2, 0.25) is 0 Å². The van der Waals surface area contributed by atoms with E-state index in [4.69, 9.17) is 10.2 Å². The normalized spacial score (nSPS) is 11.1. The molecule has 0 aliphatic rings.